The lowest BCUT2D eigenvalue weighted by molar-refractivity contribution is -0.141. The van der Waals surface area contributed by atoms with Crippen LogP contribution in [0.5, 0.6) is 0 Å². The van der Waals surface area contributed by atoms with Crippen molar-refractivity contribution in [3.8, 4) is 6.07 Å². The van der Waals surface area contributed by atoms with Crippen molar-refractivity contribution in [1.29, 1.82) is 5.26 Å². The van der Waals surface area contributed by atoms with Crippen molar-refractivity contribution in [3.63, 3.8) is 0 Å². The van der Waals surface area contributed by atoms with Gasteiger partial charge in [0.2, 0.25) is 0 Å². The van der Waals surface area contributed by atoms with Crippen molar-refractivity contribution in [2.75, 3.05) is 11.9 Å². The average Bonchev–Trinajstić information content (AvgIpc) is 2.88. The van der Waals surface area contributed by atoms with E-state index in [2.05, 4.69) is 5.32 Å². The fourth-order valence-electron chi connectivity index (χ4n) is 2.14. The summed E-state index contributed by atoms with van der Waals surface area (Å²) in [5.41, 5.74) is 0.743. The number of rotatable bonds is 2. The van der Waals surface area contributed by atoms with Crippen LogP contribution in [0, 0.1) is 11.3 Å². The highest BCUT2D eigenvalue weighted by Crippen LogP contribution is 2.20. The third-order valence-corrected chi connectivity index (χ3v) is 3.09. The second-order valence-corrected chi connectivity index (χ2v) is 4.28. The molecule has 0 aromatic heterocycles. The Morgan fingerprint density at radius 2 is 2.16 bits per heavy atom. The number of aliphatic carboxylic acids is 1. The zero-order chi connectivity index (χ0) is 13.8. The number of anilines is 1. The maximum Gasteiger partial charge on any atom is 0.326 e. The number of carbonyl (C=O) groups is 2. The number of hydrogen-bond donors (Lipinski definition) is 2. The molecule has 2 amide bonds. The van der Waals surface area contributed by atoms with E-state index < -0.39 is 18.0 Å². The van der Waals surface area contributed by atoms with E-state index in [1.807, 2.05) is 6.07 Å². The quantitative estimate of drug-likeness (QED) is 0.844. The summed E-state index contributed by atoms with van der Waals surface area (Å²) in [5, 5.41) is 20.5. The van der Waals surface area contributed by atoms with Gasteiger partial charge in [0.1, 0.15) is 12.1 Å². The highest BCUT2D eigenvalue weighted by Gasteiger charge is 2.34. The number of nitrogens with one attached hydrogen (secondary N) is 1. The van der Waals surface area contributed by atoms with Crippen LogP contribution in [0.2, 0.25) is 0 Å². The van der Waals surface area contributed by atoms with Crippen molar-refractivity contribution in [3.05, 3.63) is 29.8 Å². The molecule has 1 saturated heterocycles. The lowest BCUT2D eigenvalue weighted by atomic mass is 10.2. The summed E-state index contributed by atoms with van der Waals surface area (Å²) in [5.74, 6) is -0.999. The fraction of sp³-hybridized carbons (Fsp3) is 0.308. The topological polar surface area (TPSA) is 93.4 Å². The van der Waals surface area contributed by atoms with E-state index in [0.29, 0.717) is 30.6 Å². The molecule has 0 saturated carbocycles. The number of para-hydroxylation sites is 1. The van der Waals surface area contributed by atoms with Gasteiger partial charge in [-0.2, -0.15) is 5.26 Å². The van der Waals surface area contributed by atoms with E-state index in [1.54, 1.807) is 24.3 Å². The Kier molecular flexibility index (Phi) is 3.66. The normalized spacial score (nSPS) is 17.8. The van der Waals surface area contributed by atoms with Crippen molar-refractivity contribution in [2.45, 2.75) is 18.9 Å². The Morgan fingerprint density at radius 3 is 2.84 bits per heavy atom. The minimum Gasteiger partial charge on any atom is -0.480 e. The monoisotopic (exact) mass is 259 g/mol. The lowest BCUT2D eigenvalue weighted by Gasteiger charge is -2.22. The average molecular weight is 259 g/mol. The number of benzene rings is 1. The molecule has 6 heteroatoms. The molecule has 19 heavy (non-hydrogen) atoms. The third-order valence-electron chi connectivity index (χ3n) is 3.09. The van der Waals surface area contributed by atoms with Crippen LogP contribution < -0.4 is 5.32 Å². The van der Waals surface area contributed by atoms with Gasteiger partial charge < -0.3 is 15.3 Å². The molecule has 1 aliphatic rings. The molecule has 1 heterocycles. The molecule has 1 aliphatic heterocycles. The summed E-state index contributed by atoms with van der Waals surface area (Å²) in [6, 6.07) is 7.32. The Labute approximate surface area is 110 Å². The molecule has 0 spiro atoms. The summed E-state index contributed by atoms with van der Waals surface area (Å²) in [4.78, 5) is 24.3. The van der Waals surface area contributed by atoms with Crippen LogP contribution in [-0.4, -0.2) is 34.6 Å². The molecule has 1 atom stereocenters. The number of likely N-dealkylation sites (tertiary alicyclic amines) is 1. The molecule has 0 bridgehead atoms. The van der Waals surface area contributed by atoms with Gasteiger partial charge in [-0.25, -0.2) is 9.59 Å². The van der Waals surface area contributed by atoms with Crippen LogP contribution in [0.4, 0.5) is 10.5 Å². The van der Waals surface area contributed by atoms with E-state index in [1.165, 1.54) is 4.90 Å². The zero-order valence-corrected chi connectivity index (χ0v) is 10.2. The maximum absolute atomic E-state index is 12.0. The summed E-state index contributed by atoms with van der Waals surface area (Å²) in [7, 11) is 0. The Hall–Kier alpha value is -2.55. The maximum atomic E-state index is 12.0. The number of amides is 2. The van der Waals surface area contributed by atoms with Gasteiger partial charge >= 0.3 is 12.0 Å². The first-order chi connectivity index (χ1) is 9.13. The summed E-state index contributed by atoms with van der Waals surface area (Å²) >= 11 is 0. The molecule has 1 aromatic carbocycles. The molecule has 6 nitrogen and oxygen atoms in total. The minimum atomic E-state index is -0.999. The van der Waals surface area contributed by atoms with Gasteiger partial charge in [-0.3, -0.25) is 0 Å². The van der Waals surface area contributed by atoms with Crippen molar-refractivity contribution >= 4 is 17.7 Å². The van der Waals surface area contributed by atoms with Gasteiger partial charge in [0.05, 0.1) is 11.3 Å². The van der Waals surface area contributed by atoms with Gasteiger partial charge in [-0.1, -0.05) is 12.1 Å². The van der Waals surface area contributed by atoms with Crippen LogP contribution >= 0.6 is 0 Å². The van der Waals surface area contributed by atoms with E-state index in [0.717, 1.165) is 0 Å². The SMILES string of the molecule is N#Cc1ccccc1NC(=O)N1CCC[C@@H]1C(=O)O. The molecule has 2 N–H and O–H groups in total. The van der Waals surface area contributed by atoms with Gasteiger partial charge in [0.15, 0.2) is 0 Å². The molecule has 98 valence electrons. The van der Waals surface area contributed by atoms with Crippen molar-refractivity contribution in [2.24, 2.45) is 0 Å². The number of carbonyl (C=O) groups excluding carboxylic acids is 1. The minimum absolute atomic E-state index is 0.349. The molecule has 0 aliphatic carbocycles. The van der Waals surface area contributed by atoms with Crippen molar-refractivity contribution < 1.29 is 14.7 Å². The first-order valence-corrected chi connectivity index (χ1v) is 5.93. The summed E-state index contributed by atoms with van der Waals surface area (Å²) in [6.07, 6.45) is 1.13. The van der Waals surface area contributed by atoms with Crippen molar-refractivity contribution in [1.82, 2.24) is 4.90 Å². The number of urea groups is 1. The van der Waals surface area contributed by atoms with E-state index >= 15 is 0 Å². The summed E-state index contributed by atoms with van der Waals surface area (Å²) in [6.45, 7) is 0.414. The van der Waals surface area contributed by atoms with E-state index in [4.69, 9.17) is 10.4 Å². The number of nitrogens with zero attached hydrogens (tertiary/aromatic N) is 2. The van der Waals surface area contributed by atoms with Gasteiger partial charge in [-0.05, 0) is 25.0 Å². The molecule has 0 radical (unpaired) electrons. The van der Waals surface area contributed by atoms with E-state index in [9.17, 15) is 9.59 Å². The Bertz CT molecular complexity index is 550. The van der Waals surface area contributed by atoms with Crippen LogP contribution in [0.25, 0.3) is 0 Å². The van der Waals surface area contributed by atoms with Crippen LogP contribution in [-0.2, 0) is 4.79 Å². The zero-order valence-electron chi connectivity index (χ0n) is 10.2. The second kappa shape index (κ2) is 5.40. The first kappa shape index (κ1) is 12.9. The number of nitriles is 1. The van der Waals surface area contributed by atoms with Gasteiger partial charge in [-0.15, -0.1) is 0 Å². The standard InChI is InChI=1S/C13H13N3O3/c14-8-9-4-1-2-5-10(9)15-13(19)16-7-3-6-11(16)12(17)18/h1-2,4-5,11H,3,6-7H2,(H,15,19)(H,17,18)/t11-/m1/s1. The van der Waals surface area contributed by atoms with Gasteiger partial charge in [0, 0.05) is 6.54 Å². The molecule has 1 fully saturated rings. The van der Waals surface area contributed by atoms with Gasteiger partial charge in [0.25, 0.3) is 0 Å². The highest BCUT2D eigenvalue weighted by atomic mass is 16.4. The molecule has 1 aromatic rings. The van der Waals surface area contributed by atoms with Crippen LogP contribution in [0.1, 0.15) is 18.4 Å². The Morgan fingerprint density at radius 1 is 1.42 bits per heavy atom. The predicted molar refractivity (Wildman–Crippen MR) is 67.5 cm³/mol. The van der Waals surface area contributed by atoms with Crippen LogP contribution in [0.3, 0.4) is 0 Å². The Balaban J connectivity index is 2.13. The lowest BCUT2D eigenvalue weighted by Crippen LogP contribution is -2.42. The number of hydrogen-bond acceptors (Lipinski definition) is 3. The summed E-state index contributed by atoms with van der Waals surface area (Å²) < 4.78 is 0. The third kappa shape index (κ3) is 2.65. The fourth-order valence-corrected chi connectivity index (χ4v) is 2.14. The number of carboxylic acids is 1. The first-order valence-electron chi connectivity index (χ1n) is 5.93. The highest BCUT2D eigenvalue weighted by molar-refractivity contribution is 5.93. The molecule has 2 rings (SSSR count). The molecular weight excluding hydrogens is 246 g/mol. The number of carboxylic acid groups (broad SMARTS) is 1. The molecule has 0 unspecified atom stereocenters. The predicted octanol–water partition coefficient (Wildman–Crippen LogP) is 1.64. The van der Waals surface area contributed by atoms with E-state index in [-0.39, 0.29) is 0 Å². The van der Waals surface area contributed by atoms with Crippen LogP contribution in [0.15, 0.2) is 24.3 Å². The second-order valence-electron chi connectivity index (χ2n) is 4.28. The smallest absolute Gasteiger partial charge is 0.326 e. The molecular formula is C13H13N3O3. The largest absolute Gasteiger partial charge is 0.480 e.